The molecule has 0 saturated heterocycles. The summed E-state index contributed by atoms with van der Waals surface area (Å²) in [6.45, 7) is 7.12. The lowest BCUT2D eigenvalue weighted by atomic mass is 9.93. The van der Waals surface area contributed by atoms with E-state index in [1.54, 1.807) is 6.07 Å². The second-order valence-electron chi connectivity index (χ2n) is 6.10. The largest absolute Gasteiger partial charge is 0.478 e. The van der Waals surface area contributed by atoms with Gasteiger partial charge >= 0.3 is 0 Å². The number of nitrogens with zero attached hydrogens (tertiary/aromatic N) is 1. The molecule has 4 heteroatoms. The molecule has 1 aromatic carbocycles. The molecule has 2 rings (SSSR count). The van der Waals surface area contributed by atoms with E-state index in [1.165, 1.54) is 0 Å². The Bertz CT molecular complexity index is 629. The maximum atomic E-state index is 7.68. The number of nitrogen functional groups attached to an aromatic ring is 1. The molecule has 1 aromatic heterocycles. The quantitative estimate of drug-likeness (QED) is 0.661. The second kappa shape index (κ2) is 5.49. The van der Waals surface area contributed by atoms with Crippen LogP contribution in [0, 0.1) is 10.8 Å². The maximum absolute atomic E-state index is 7.68. The third-order valence-corrected chi connectivity index (χ3v) is 3.08. The van der Waals surface area contributed by atoms with Gasteiger partial charge in [0, 0.05) is 17.0 Å². The molecule has 20 heavy (non-hydrogen) atoms. The Balaban J connectivity index is 2.28. The van der Waals surface area contributed by atoms with Gasteiger partial charge in [-0.05, 0) is 17.9 Å². The lowest BCUT2D eigenvalue weighted by Crippen LogP contribution is -2.14. The Kier molecular flexibility index (Phi) is 3.93. The average molecular weight is 271 g/mol. The van der Waals surface area contributed by atoms with E-state index in [0.717, 1.165) is 17.3 Å². The Morgan fingerprint density at radius 3 is 2.65 bits per heavy atom. The summed E-state index contributed by atoms with van der Waals surface area (Å²) in [4.78, 5) is 4.46. The number of hydrogen-bond donors (Lipinski definition) is 2. The van der Waals surface area contributed by atoms with E-state index < -0.39 is 0 Å². The smallest absolute Gasteiger partial charge is 0.214 e. The van der Waals surface area contributed by atoms with Crippen molar-refractivity contribution in [3.05, 3.63) is 35.9 Å². The van der Waals surface area contributed by atoms with Crippen molar-refractivity contribution in [2.45, 2.75) is 27.2 Å². The van der Waals surface area contributed by atoms with Gasteiger partial charge in [-0.2, -0.15) is 0 Å². The number of aromatic nitrogens is 1. The highest BCUT2D eigenvalue weighted by Gasteiger charge is 2.12. The standard InChI is InChI=1S/C16H21N3O/c1-16(2,3)8-9-20-14-10-12(15(17)18)11-6-4-5-7-13(11)19-14/h4-7,10H,8-9H2,1-3H3,(H3,17,18). The number of rotatable bonds is 4. The second-order valence-corrected chi connectivity index (χ2v) is 6.10. The molecule has 106 valence electrons. The average Bonchev–Trinajstić information content (AvgIpc) is 2.36. The van der Waals surface area contributed by atoms with Crippen LogP contribution in [0.15, 0.2) is 30.3 Å². The molecule has 2 aromatic rings. The van der Waals surface area contributed by atoms with Crippen molar-refractivity contribution in [3.8, 4) is 5.88 Å². The third-order valence-electron chi connectivity index (χ3n) is 3.08. The lowest BCUT2D eigenvalue weighted by molar-refractivity contribution is 0.237. The predicted octanol–water partition coefficient (Wildman–Crippen LogP) is 3.33. The minimum absolute atomic E-state index is 0.0317. The SMILES string of the molecule is CC(C)(C)CCOc1cc(C(=N)N)c2ccccc2n1. The van der Waals surface area contributed by atoms with Crippen LogP contribution < -0.4 is 10.5 Å². The van der Waals surface area contributed by atoms with E-state index in [1.807, 2.05) is 24.3 Å². The van der Waals surface area contributed by atoms with Gasteiger partial charge in [0.1, 0.15) is 5.84 Å². The van der Waals surface area contributed by atoms with Crippen LogP contribution in [0.5, 0.6) is 5.88 Å². The van der Waals surface area contributed by atoms with Gasteiger partial charge in [-0.1, -0.05) is 39.0 Å². The first-order chi connectivity index (χ1) is 9.37. The van der Waals surface area contributed by atoms with Crippen LogP contribution in [0.3, 0.4) is 0 Å². The minimum atomic E-state index is 0.0317. The van der Waals surface area contributed by atoms with Crippen molar-refractivity contribution in [2.75, 3.05) is 6.61 Å². The molecule has 0 aliphatic heterocycles. The predicted molar refractivity (Wildman–Crippen MR) is 82.3 cm³/mol. The summed E-state index contributed by atoms with van der Waals surface area (Å²) in [5.41, 5.74) is 7.33. The first-order valence-corrected chi connectivity index (χ1v) is 6.74. The molecular formula is C16H21N3O. The van der Waals surface area contributed by atoms with E-state index >= 15 is 0 Å². The molecule has 0 unspecified atom stereocenters. The van der Waals surface area contributed by atoms with Crippen molar-refractivity contribution in [3.63, 3.8) is 0 Å². The molecular weight excluding hydrogens is 250 g/mol. The fourth-order valence-corrected chi connectivity index (χ4v) is 1.91. The van der Waals surface area contributed by atoms with Gasteiger partial charge in [0.25, 0.3) is 0 Å². The van der Waals surface area contributed by atoms with Gasteiger partial charge in [0.05, 0.1) is 12.1 Å². The first-order valence-electron chi connectivity index (χ1n) is 6.74. The Morgan fingerprint density at radius 2 is 2.00 bits per heavy atom. The van der Waals surface area contributed by atoms with E-state index in [4.69, 9.17) is 15.9 Å². The summed E-state index contributed by atoms with van der Waals surface area (Å²) in [7, 11) is 0. The number of amidine groups is 1. The van der Waals surface area contributed by atoms with Crippen LogP contribution in [0.25, 0.3) is 10.9 Å². The minimum Gasteiger partial charge on any atom is -0.478 e. The summed E-state index contributed by atoms with van der Waals surface area (Å²) in [6.07, 6.45) is 0.941. The molecule has 0 radical (unpaired) electrons. The molecule has 0 amide bonds. The van der Waals surface area contributed by atoms with Gasteiger partial charge in [0.2, 0.25) is 5.88 Å². The normalized spacial score (nSPS) is 11.6. The highest BCUT2D eigenvalue weighted by atomic mass is 16.5. The molecule has 0 bridgehead atoms. The fraction of sp³-hybridized carbons (Fsp3) is 0.375. The monoisotopic (exact) mass is 271 g/mol. The van der Waals surface area contributed by atoms with Gasteiger partial charge < -0.3 is 10.5 Å². The van der Waals surface area contributed by atoms with Crippen molar-refractivity contribution in [2.24, 2.45) is 11.1 Å². The molecule has 0 fully saturated rings. The van der Waals surface area contributed by atoms with Gasteiger partial charge in [0.15, 0.2) is 0 Å². The van der Waals surface area contributed by atoms with E-state index in [2.05, 4.69) is 25.8 Å². The Labute approximate surface area is 119 Å². The number of ether oxygens (including phenoxy) is 1. The fourth-order valence-electron chi connectivity index (χ4n) is 1.91. The summed E-state index contributed by atoms with van der Waals surface area (Å²) in [6, 6.07) is 9.39. The zero-order chi connectivity index (χ0) is 14.8. The van der Waals surface area contributed by atoms with Crippen LogP contribution in [0.4, 0.5) is 0 Å². The van der Waals surface area contributed by atoms with Crippen LogP contribution >= 0.6 is 0 Å². The Morgan fingerprint density at radius 1 is 1.30 bits per heavy atom. The van der Waals surface area contributed by atoms with E-state index in [0.29, 0.717) is 18.1 Å². The zero-order valence-electron chi connectivity index (χ0n) is 12.2. The molecule has 0 saturated carbocycles. The van der Waals surface area contributed by atoms with E-state index in [-0.39, 0.29) is 11.3 Å². The molecule has 0 aliphatic rings. The number of hydrogen-bond acceptors (Lipinski definition) is 3. The van der Waals surface area contributed by atoms with Crippen molar-refractivity contribution >= 4 is 16.7 Å². The van der Waals surface area contributed by atoms with E-state index in [9.17, 15) is 0 Å². The number of pyridine rings is 1. The van der Waals surface area contributed by atoms with Gasteiger partial charge in [-0.25, -0.2) is 4.98 Å². The van der Waals surface area contributed by atoms with Crippen molar-refractivity contribution in [1.29, 1.82) is 5.41 Å². The molecule has 0 aliphatic carbocycles. The highest BCUT2D eigenvalue weighted by molar-refractivity contribution is 6.06. The number of para-hydroxylation sites is 1. The number of nitrogens with two attached hydrogens (primary N) is 1. The highest BCUT2D eigenvalue weighted by Crippen LogP contribution is 2.23. The molecule has 0 atom stereocenters. The number of fused-ring (bicyclic) bond motifs is 1. The van der Waals surface area contributed by atoms with Gasteiger partial charge in [-0.3, -0.25) is 5.41 Å². The summed E-state index contributed by atoms with van der Waals surface area (Å²) >= 11 is 0. The zero-order valence-corrected chi connectivity index (χ0v) is 12.2. The molecule has 3 N–H and O–H groups in total. The van der Waals surface area contributed by atoms with Crippen molar-refractivity contribution in [1.82, 2.24) is 4.98 Å². The molecule has 4 nitrogen and oxygen atoms in total. The third kappa shape index (κ3) is 3.47. The van der Waals surface area contributed by atoms with Crippen LogP contribution in [-0.4, -0.2) is 17.4 Å². The number of nitrogens with one attached hydrogen (secondary N) is 1. The van der Waals surface area contributed by atoms with Crippen LogP contribution in [-0.2, 0) is 0 Å². The maximum Gasteiger partial charge on any atom is 0.214 e. The van der Waals surface area contributed by atoms with Gasteiger partial charge in [-0.15, -0.1) is 0 Å². The van der Waals surface area contributed by atoms with Crippen LogP contribution in [0.1, 0.15) is 32.8 Å². The Hall–Kier alpha value is -2.10. The molecule has 0 spiro atoms. The number of benzene rings is 1. The van der Waals surface area contributed by atoms with Crippen molar-refractivity contribution < 1.29 is 4.74 Å². The van der Waals surface area contributed by atoms with Crippen LogP contribution in [0.2, 0.25) is 0 Å². The molecule has 1 heterocycles. The topological polar surface area (TPSA) is 72.0 Å². The summed E-state index contributed by atoms with van der Waals surface area (Å²) in [5, 5.41) is 8.56. The lowest BCUT2D eigenvalue weighted by Gasteiger charge is -2.18. The summed E-state index contributed by atoms with van der Waals surface area (Å²) in [5.74, 6) is 0.558. The summed E-state index contributed by atoms with van der Waals surface area (Å²) < 4.78 is 5.72. The first kappa shape index (κ1) is 14.3.